The van der Waals surface area contributed by atoms with Gasteiger partial charge in [0.2, 0.25) is 0 Å². The van der Waals surface area contributed by atoms with E-state index in [1.165, 1.54) is 0 Å². The Kier molecular flexibility index (Phi) is 2.83. The van der Waals surface area contributed by atoms with Crippen LogP contribution in [-0.2, 0) is 0 Å². The van der Waals surface area contributed by atoms with Crippen molar-refractivity contribution in [3.05, 3.63) is 32.6 Å². The number of hydrogen-bond acceptors (Lipinski definition) is 2. The van der Waals surface area contributed by atoms with Crippen molar-refractivity contribution in [2.45, 2.75) is 0 Å². The number of nitriles is 1. The van der Waals surface area contributed by atoms with Gasteiger partial charge in [-0.1, -0.05) is 0 Å². The molecule has 66 valence electrons. The maximum atomic E-state index is 13.0. The monoisotopic (exact) mass is 291 g/mol. The van der Waals surface area contributed by atoms with Gasteiger partial charge in [0.25, 0.3) is 0 Å². The number of nitrogens with zero attached hydrogens (tertiary/aromatic N) is 1. The van der Waals surface area contributed by atoms with Crippen LogP contribution in [0.3, 0.4) is 0 Å². The number of aromatic carboxylic acids is 1. The van der Waals surface area contributed by atoms with Gasteiger partial charge in [-0.15, -0.1) is 0 Å². The van der Waals surface area contributed by atoms with E-state index in [1.807, 2.05) is 0 Å². The fourth-order valence-electron chi connectivity index (χ4n) is 0.794. The Balaban J connectivity index is 3.41. The number of carbonyl (C=O) groups is 1. The highest BCUT2D eigenvalue weighted by Crippen LogP contribution is 2.17. The van der Waals surface area contributed by atoms with Crippen LogP contribution in [0.25, 0.3) is 0 Å². The van der Waals surface area contributed by atoms with Crippen molar-refractivity contribution in [1.82, 2.24) is 0 Å². The fourth-order valence-corrected chi connectivity index (χ4v) is 1.23. The van der Waals surface area contributed by atoms with Gasteiger partial charge in [0, 0.05) is 0 Å². The Labute approximate surface area is 86.9 Å². The molecule has 0 amide bonds. The molecule has 0 aliphatic carbocycles. The van der Waals surface area contributed by atoms with Crippen LogP contribution < -0.4 is 0 Å². The minimum absolute atomic E-state index is 0.0398. The zero-order chi connectivity index (χ0) is 10.0. The zero-order valence-electron chi connectivity index (χ0n) is 6.21. The average Bonchev–Trinajstić information content (AvgIpc) is 2.09. The highest BCUT2D eigenvalue weighted by molar-refractivity contribution is 14.1. The van der Waals surface area contributed by atoms with Crippen LogP contribution >= 0.6 is 22.6 Å². The smallest absolute Gasteiger partial charge is 0.335 e. The molecular weight excluding hydrogens is 288 g/mol. The predicted octanol–water partition coefficient (Wildman–Crippen LogP) is 2.00. The molecule has 0 aliphatic heterocycles. The summed E-state index contributed by atoms with van der Waals surface area (Å²) in [5.74, 6) is -1.93. The first kappa shape index (κ1) is 9.92. The van der Waals surface area contributed by atoms with E-state index in [9.17, 15) is 9.18 Å². The summed E-state index contributed by atoms with van der Waals surface area (Å²) in [5, 5.41) is 17.1. The Morgan fingerprint density at radius 1 is 1.62 bits per heavy atom. The molecule has 0 aromatic heterocycles. The van der Waals surface area contributed by atoms with E-state index < -0.39 is 11.8 Å². The van der Waals surface area contributed by atoms with Gasteiger partial charge in [0.05, 0.1) is 14.7 Å². The first-order valence-corrected chi connectivity index (χ1v) is 4.26. The molecule has 0 bridgehead atoms. The highest BCUT2D eigenvalue weighted by atomic mass is 127. The van der Waals surface area contributed by atoms with Crippen LogP contribution in [0.15, 0.2) is 12.1 Å². The lowest BCUT2D eigenvalue weighted by Gasteiger charge is -1.99. The van der Waals surface area contributed by atoms with Crippen molar-refractivity contribution in [2.24, 2.45) is 0 Å². The molecule has 1 N–H and O–H groups in total. The van der Waals surface area contributed by atoms with Crippen molar-refractivity contribution in [3.63, 3.8) is 0 Å². The SMILES string of the molecule is N#Cc1cc(C(=O)O)cc(F)c1I. The molecule has 0 radical (unpaired) electrons. The van der Waals surface area contributed by atoms with Crippen molar-refractivity contribution >= 4 is 28.6 Å². The van der Waals surface area contributed by atoms with Crippen LogP contribution in [-0.4, -0.2) is 11.1 Å². The van der Waals surface area contributed by atoms with Crippen LogP contribution in [0.4, 0.5) is 4.39 Å². The van der Waals surface area contributed by atoms with E-state index >= 15 is 0 Å². The van der Waals surface area contributed by atoms with Gasteiger partial charge in [-0.25, -0.2) is 9.18 Å². The van der Waals surface area contributed by atoms with E-state index in [1.54, 1.807) is 28.7 Å². The summed E-state index contributed by atoms with van der Waals surface area (Å²) >= 11 is 1.65. The maximum absolute atomic E-state index is 13.0. The van der Waals surface area contributed by atoms with E-state index in [0.717, 1.165) is 12.1 Å². The molecule has 0 spiro atoms. The lowest BCUT2D eigenvalue weighted by Crippen LogP contribution is -2.00. The van der Waals surface area contributed by atoms with Crippen molar-refractivity contribution in [2.75, 3.05) is 0 Å². The van der Waals surface area contributed by atoms with Gasteiger partial charge in [0.15, 0.2) is 0 Å². The number of rotatable bonds is 1. The first-order valence-electron chi connectivity index (χ1n) is 3.18. The van der Waals surface area contributed by atoms with Crippen LogP contribution in [0.2, 0.25) is 0 Å². The molecule has 1 aromatic carbocycles. The summed E-state index contributed by atoms with van der Waals surface area (Å²) < 4.78 is 13.1. The number of halogens is 2. The molecule has 0 fully saturated rings. The summed E-state index contributed by atoms with van der Waals surface area (Å²) in [7, 11) is 0. The van der Waals surface area contributed by atoms with Crippen LogP contribution in [0.1, 0.15) is 15.9 Å². The Hall–Kier alpha value is -1.16. The Morgan fingerprint density at radius 3 is 2.69 bits per heavy atom. The molecule has 0 saturated carbocycles. The minimum atomic E-state index is -1.24. The molecule has 13 heavy (non-hydrogen) atoms. The molecule has 0 unspecified atom stereocenters. The summed E-state index contributed by atoms with van der Waals surface area (Å²) in [4.78, 5) is 10.5. The number of carboxylic acid groups (broad SMARTS) is 1. The second-order valence-electron chi connectivity index (χ2n) is 2.24. The number of benzene rings is 1. The van der Waals surface area contributed by atoms with E-state index in [-0.39, 0.29) is 14.7 Å². The summed E-state index contributed by atoms with van der Waals surface area (Å²) in [6, 6.07) is 3.76. The third-order valence-electron chi connectivity index (χ3n) is 1.40. The lowest BCUT2D eigenvalue weighted by molar-refractivity contribution is 0.0696. The van der Waals surface area contributed by atoms with Gasteiger partial charge < -0.3 is 5.11 Å². The number of carboxylic acids is 1. The quantitative estimate of drug-likeness (QED) is 0.805. The normalized spacial score (nSPS) is 9.31. The van der Waals surface area contributed by atoms with Gasteiger partial charge >= 0.3 is 5.97 Å². The van der Waals surface area contributed by atoms with E-state index in [0.29, 0.717) is 0 Å². The van der Waals surface area contributed by atoms with Crippen molar-refractivity contribution in [1.29, 1.82) is 5.26 Å². The molecule has 0 heterocycles. The third kappa shape index (κ3) is 1.95. The minimum Gasteiger partial charge on any atom is -0.478 e. The van der Waals surface area contributed by atoms with Gasteiger partial charge in [-0.05, 0) is 34.7 Å². The van der Waals surface area contributed by atoms with Gasteiger partial charge in [-0.2, -0.15) is 5.26 Å². The van der Waals surface area contributed by atoms with Gasteiger partial charge in [0.1, 0.15) is 11.9 Å². The fraction of sp³-hybridized carbons (Fsp3) is 0. The third-order valence-corrected chi connectivity index (χ3v) is 2.49. The largest absolute Gasteiger partial charge is 0.478 e. The van der Waals surface area contributed by atoms with Gasteiger partial charge in [-0.3, -0.25) is 0 Å². The van der Waals surface area contributed by atoms with E-state index in [2.05, 4.69) is 0 Å². The maximum Gasteiger partial charge on any atom is 0.335 e. The van der Waals surface area contributed by atoms with Crippen LogP contribution in [0, 0.1) is 20.7 Å². The molecule has 1 rings (SSSR count). The molecule has 0 atom stereocenters. The number of hydrogen-bond donors (Lipinski definition) is 1. The Bertz CT molecular complexity index is 411. The molecule has 3 nitrogen and oxygen atoms in total. The first-order chi connectivity index (χ1) is 6.06. The molecule has 0 saturated heterocycles. The highest BCUT2D eigenvalue weighted by Gasteiger charge is 2.11. The molecule has 5 heteroatoms. The second-order valence-corrected chi connectivity index (χ2v) is 3.32. The standard InChI is InChI=1S/C8H3FINO2/c9-6-2-4(8(12)13)1-5(3-11)7(6)10/h1-2H,(H,12,13). The average molecular weight is 291 g/mol. The van der Waals surface area contributed by atoms with Crippen molar-refractivity contribution in [3.8, 4) is 6.07 Å². The van der Waals surface area contributed by atoms with Crippen molar-refractivity contribution < 1.29 is 14.3 Å². The Morgan fingerprint density at radius 2 is 2.23 bits per heavy atom. The molecule has 1 aromatic rings. The van der Waals surface area contributed by atoms with E-state index in [4.69, 9.17) is 10.4 Å². The molecular formula is C8H3FINO2. The summed E-state index contributed by atoms with van der Waals surface area (Å²) in [6.07, 6.45) is 0. The molecule has 0 aliphatic rings. The zero-order valence-corrected chi connectivity index (χ0v) is 8.37. The summed E-state index contributed by atoms with van der Waals surface area (Å²) in [6.45, 7) is 0. The lowest BCUT2D eigenvalue weighted by atomic mass is 10.1. The topological polar surface area (TPSA) is 61.1 Å². The predicted molar refractivity (Wildman–Crippen MR) is 50.8 cm³/mol. The summed E-state index contributed by atoms with van der Waals surface area (Å²) in [5.41, 5.74) is -0.174. The van der Waals surface area contributed by atoms with Crippen LogP contribution in [0.5, 0.6) is 0 Å². The second kappa shape index (κ2) is 3.70.